The molecule has 0 amide bonds. The molecule has 1 heterocycles. The number of para-hydroxylation sites is 1. The van der Waals surface area contributed by atoms with Gasteiger partial charge in [-0.15, -0.1) is 0 Å². The van der Waals surface area contributed by atoms with Crippen molar-refractivity contribution in [2.75, 3.05) is 19.1 Å². The van der Waals surface area contributed by atoms with Crippen LogP contribution < -0.4 is 19.6 Å². The van der Waals surface area contributed by atoms with Gasteiger partial charge in [0.2, 0.25) is 4.77 Å². The summed E-state index contributed by atoms with van der Waals surface area (Å²) in [6.07, 6.45) is 0. The highest BCUT2D eigenvalue weighted by Gasteiger charge is 2.15. The van der Waals surface area contributed by atoms with Crippen LogP contribution >= 0.6 is 28.1 Å². The van der Waals surface area contributed by atoms with Crippen molar-refractivity contribution >= 4 is 28.1 Å². The van der Waals surface area contributed by atoms with Crippen molar-refractivity contribution in [3.8, 4) is 28.6 Å². The summed E-state index contributed by atoms with van der Waals surface area (Å²) in [5, 5.41) is 7.25. The second kappa shape index (κ2) is 11.4. The van der Waals surface area contributed by atoms with Gasteiger partial charge in [-0.25, -0.2) is 9.77 Å². The van der Waals surface area contributed by atoms with Gasteiger partial charge in [0.05, 0.1) is 25.8 Å². The molecule has 4 aromatic rings. The van der Waals surface area contributed by atoms with Crippen molar-refractivity contribution in [1.29, 1.82) is 0 Å². The van der Waals surface area contributed by atoms with Gasteiger partial charge in [0.25, 0.3) is 0 Å². The standard InChI is InChI=1S/C26H27BrN4O3S/c1-4-33-23-13-19(21(27)14-24(23)34-16-18-9-7-8-17(2)12-18)15-28-31-25(29-30-26(31)35)20-10-5-6-11-22(20)32-3/h5-14,28H,4,15-16H2,1-3H3,(H,30,35). The van der Waals surface area contributed by atoms with Gasteiger partial charge in [0.15, 0.2) is 17.3 Å². The Bertz CT molecular complexity index is 1370. The number of hydrogen-bond donors (Lipinski definition) is 2. The number of rotatable bonds is 10. The van der Waals surface area contributed by atoms with Crippen LogP contribution in [-0.4, -0.2) is 28.6 Å². The fourth-order valence-electron chi connectivity index (χ4n) is 3.67. The Hall–Kier alpha value is -3.30. The van der Waals surface area contributed by atoms with Gasteiger partial charge in [0.1, 0.15) is 12.4 Å². The van der Waals surface area contributed by atoms with Crippen molar-refractivity contribution in [2.45, 2.75) is 27.0 Å². The number of halogens is 1. The molecule has 7 nitrogen and oxygen atoms in total. The van der Waals surface area contributed by atoms with Crippen molar-refractivity contribution in [2.24, 2.45) is 0 Å². The monoisotopic (exact) mass is 554 g/mol. The predicted octanol–water partition coefficient (Wildman–Crippen LogP) is 6.41. The Kier molecular flexibility index (Phi) is 8.09. The number of aromatic nitrogens is 3. The minimum Gasteiger partial charge on any atom is -0.496 e. The van der Waals surface area contributed by atoms with E-state index in [1.165, 1.54) is 5.56 Å². The third kappa shape index (κ3) is 5.86. The van der Waals surface area contributed by atoms with Gasteiger partial charge in [0, 0.05) is 4.47 Å². The molecule has 2 N–H and O–H groups in total. The molecular formula is C26H27BrN4O3S. The summed E-state index contributed by atoms with van der Waals surface area (Å²) in [4.78, 5) is 0. The number of ether oxygens (including phenoxy) is 3. The lowest BCUT2D eigenvalue weighted by Crippen LogP contribution is -2.16. The number of nitrogens with zero attached hydrogens (tertiary/aromatic N) is 2. The molecule has 9 heteroatoms. The molecule has 182 valence electrons. The van der Waals surface area contributed by atoms with E-state index in [0.717, 1.165) is 21.2 Å². The minimum absolute atomic E-state index is 0.449. The maximum absolute atomic E-state index is 6.11. The second-order valence-electron chi connectivity index (χ2n) is 7.82. The van der Waals surface area contributed by atoms with E-state index in [9.17, 15) is 0 Å². The SMILES string of the molecule is CCOc1cc(CNn2c(-c3ccccc3OC)n[nH]c2=S)c(Br)cc1OCc1cccc(C)c1. The van der Waals surface area contributed by atoms with Gasteiger partial charge in [-0.2, -0.15) is 5.10 Å². The average Bonchev–Trinajstić information content (AvgIpc) is 3.23. The first-order chi connectivity index (χ1) is 17.0. The summed E-state index contributed by atoms with van der Waals surface area (Å²) < 4.78 is 20.6. The van der Waals surface area contributed by atoms with E-state index in [0.29, 0.717) is 47.6 Å². The van der Waals surface area contributed by atoms with E-state index in [2.05, 4.69) is 56.7 Å². The summed E-state index contributed by atoms with van der Waals surface area (Å²) in [5.74, 6) is 2.70. The summed E-state index contributed by atoms with van der Waals surface area (Å²) in [6.45, 7) is 5.47. The molecule has 35 heavy (non-hydrogen) atoms. The number of benzene rings is 3. The first kappa shape index (κ1) is 24.8. The highest BCUT2D eigenvalue weighted by Crippen LogP contribution is 2.35. The Balaban J connectivity index is 1.56. The molecule has 4 rings (SSSR count). The summed E-state index contributed by atoms with van der Waals surface area (Å²) in [5.41, 5.74) is 7.46. The normalized spacial score (nSPS) is 10.7. The molecule has 0 spiro atoms. The fourth-order valence-corrected chi connectivity index (χ4v) is 4.33. The number of hydrogen-bond acceptors (Lipinski definition) is 6. The van der Waals surface area contributed by atoms with Crippen LogP contribution in [0.2, 0.25) is 0 Å². The number of aromatic amines is 1. The topological polar surface area (TPSA) is 73.3 Å². The molecule has 3 aromatic carbocycles. The van der Waals surface area contributed by atoms with Crippen molar-refractivity contribution in [1.82, 2.24) is 14.9 Å². The van der Waals surface area contributed by atoms with Gasteiger partial charge in [-0.1, -0.05) is 57.9 Å². The Morgan fingerprint density at radius 1 is 1.03 bits per heavy atom. The van der Waals surface area contributed by atoms with Crippen LogP contribution in [0.4, 0.5) is 0 Å². The molecule has 0 bridgehead atoms. The molecule has 0 radical (unpaired) electrons. The molecule has 0 aliphatic rings. The van der Waals surface area contributed by atoms with Gasteiger partial charge in [-0.3, -0.25) is 0 Å². The quantitative estimate of drug-likeness (QED) is 0.221. The fraction of sp³-hybridized carbons (Fsp3) is 0.231. The molecule has 0 atom stereocenters. The molecule has 0 fully saturated rings. The first-order valence-corrected chi connectivity index (χ1v) is 12.4. The lowest BCUT2D eigenvalue weighted by atomic mass is 10.1. The Labute approximate surface area is 218 Å². The Morgan fingerprint density at radius 3 is 2.60 bits per heavy atom. The summed E-state index contributed by atoms with van der Waals surface area (Å²) in [7, 11) is 1.63. The lowest BCUT2D eigenvalue weighted by molar-refractivity contribution is 0.269. The third-order valence-electron chi connectivity index (χ3n) is 5.34. The summed E-state index contributed by atoms with van der Waals surface area (Å²) >= 11 is 9.15. The molecule has 0 aliphatic carbocycles. The number of aryl methyl sites for hydroxylation is 1. The zero-order chi connectivity index (χ0) is 24.8. The minimum atomic E-state index is 0.449. The highest BCUT2D eigenvalue weighted by molar-refractivity contribution is 9.10. The van der Waals surface area contributed by atoms with Crippen LogP contribution in [0.25, 0.3) is 11.4 Å². The van der Waals surface area contributed by atoms with E-state index in [1.54, 1.807) is 11.8 Å². The smallest absolute Gasteiger partial charge is 0.214 e. The second-order valence-corrected chi connectivity index (χ2v) is 9.07. The van der Waals surface area contributed by atoms with Crippen LogP contribution in [-0.2, 0) is 13.2 Å². The highest BCUT2D eigenvalue weighted by atomic mass is 79.9. The number of H-pyrrole nitrogens is 1. The molecule has 0 aliphatic heterocycles. The van der Waals surface area contributed by atoms with Crippen molar-refractivity contribution < 1.29 is 14.2 Å². The molecule has 0 saturated carbocycles. The average molecular weight is 555 g/mol. The van der Waals surface area contributed by atoms with Gasteiger partial charge >= 0.3 is 0 Å². The van der Waals surface area contributed by atoms with E-state index < -0.39 is 0 Å². The van der Waals surface area contributed by atoms with E-state index in [1.807, 2.05) is 49.4 Å². The molecule has 0 unspecified atom stereocenters. The van der Waals surface area contributed by atoms with Crippen LogP contribution in [0.5, 0.6) is 17.2 Å². The van der Waals surface area contributed by atoms with E-state index >= 15 is 0 Å². The van der Waals surface area contributed by atoms with Crippen molar-refractivity contribution in [3.63, 3.8) is 0 Å². The zero-order valence-corrected chi connectivity index (χ0v) is 22.2. The van der Waals surface area contributed by atoms with Gasteiger partial charge in [-0.05, 0) is 61.5 Å². The predicted molar refractivity (Wildman–Crippen MR) is 143 cm³/mol. The largest absolute Gasteiger partial charge is 0.496 e. The van der Waals surface area contributed by atoms with E-state index in [-0.39, 0.29) is 0 Å². The Morgan fingerprint density at radius 2 is 1.83 bits per heavy atom. The maximum Gasteiger partial charge on any atom is 0.214 e. The van der Waals surface area contributed by atoms with Crippen LogP contribution in [0.3, 0.4) is 0 Å². The maximum atomic E-state index is 6.11. The zero-order valence-electron chi connectivity index (χ0n) is 19.8. The first-order valence-electron chi connectivity index (χ1n) is 11.2. The molecular weight excluding hydrogens is 528 g/mol. The summed E-state index contributed by atoms with van der Waals surface area (Å²) in [6, 6.07) is 19.8. The van der Waals surface area contributed by atoms with Crippen LogP contribution in [0, 0.1) is 11.7 Å². The third-order valence-corrected chi connectivity index (χ3v) is 6.35. The van der Waals surface area contributed by atoms with Crippen molar-refractivity contribution in [3.05, 3.63) is 86.6 Å². The number of nitrogens with one attached hydrogen (secondary N) is 2. The van der Waals surface area contributed by atoms with Crippen LogP contribution in [0.15, 0.2) is 65.1 Å². The van der Waals surface area contributed by atoms with Crippen LogP contribution in [0.1, 0.15) is 23.6 Å². The van der Waals surface area contributed by atoms with E-state index in [4.69, 9.17) is 26.4 Å². The molecule has 0 saturated heterocycles. The molecule has 1 aromatic heterocycles. The van der Waals surface area contributed by atoms with Gasteiger partial charge < -0.3 is 19.6 Å². The lowest BCUT2D eigenvalue weighted by Gasteiger charge is -2.17. The number of methoxy groups -OCH3 is 1.